The fourth-order valence-corrected chi connectivity index (χ4v) is 10.2. The summed E-state index contributed by atoms with van der Waals surface area (Å²) in [5, 5.41) is 13.6. The number of benzene rings is 1. The third kappa shape index (κ3) is 7.49. The smallest absolute Gasteiger partial charge is 0.329 e. The van der Waals surface area contributed by atoms with Gasteiger partial charge in [0.25, 0.3) is 12.3 Å². The Balaban J connectivity index is 0.745. The quantitative estimate of drug-likeness (QED) is 0.185. The van der Waals surface area contributed by atoms with E-state index in [4.69, 9.17) is 14.5 Å². The molecular weight excluding hydrogens is 793 g/mol. The molecule has 3 amide bonds. The molecule has 0 radical (unpaired) electrons. The summed E-state index contributed by atoms with van der Waals surface area (Å²) in [6.45, 7) is 4.51. The number of aromatic nitrogens is 7. The number of aryl methyl sites for hydroxylation is 2. The molecule has 4 aromatic heterocycles. The second-order valence-corrected chi connectivity index (χ2v) is 17.2. The molecule has 4 atom stereocenters. The minimum absolute atomic E-state index is 0.00825. The molecule has 5 aliphatic rings. The van der Waals surface area contributed by atoms with Crippen LogP contribution in [-0.4, -0.2) is 114 Å². The van der Waals surface area contributed by atoms with Gasteiger partial charge in [-0.05, 0) is 75.0 Å². The summed E-state index contributed by atoms with van der Waals surface area (Å²) in [6, 6.07) is 7.07. The van der Waals surface area contributed by atoms with Gasteiger partial charge in [0, 0.05) is 52.0 Å². The Morgan fingerprint density at radius 3 is 2.67 bits per heavy atom. The number of anilines is 2. The van der Waals surface area contributed by atoms with E-state index in [1.54, 1.807) is 22.5 Å². The zero-order chi connectivity index (χ0) is 41.9. The number of fused-ring (bicyclic) bond motifs is 4. The van der Waals surface area contributed by atoms with Gasteiger partial charge in [-0.25, -0.2) is 23.1 Å². The van der Waals surface area contributed by atoms with E-state index in [0.29, 0.717) is 36.7 Å². The predicted octanol–water partition coefficient (Wildman–Crippen LogP) is 3.79. The normalized spacial score (nSPS) is 25.9. The number of nitrogens with zero attached hydrogens (tertiary/aromatic N) is 9. The number of hydrogen-bond donors (Lipinski definition) is 2. The summed E-state index contributed by atoms with van der Waals surface area (Å²) in [7, 11) is 1.72. The van der Waals surface area contributed by atoms with Gasteiger partial charge < -0.3 is 19.7 Å². The van der Waals surface area contributed by atoms with Crippen molar-refractivity contribution in [1.82, 2.24) is 43.7 Å². The molecular formula is C42H49F2N11O6. The second kappa shape index (κ2) is 16.1. The number of imide groups is 1. The van der Waals surface area contributed by atoms with Gasteiger partial charge in [-0.15, -0.1) is 0 Å². The lowest BCUT2D eigenvalue weighted by molar-refractivity contribution is -0.135. The van der Waals surface area contributed by atoms with E-state index in [9.17, 15) is 28.0 Å². The Morgan fingerprint density at radius 1 is 1.05 bits per heavy atom. The van der Waals surface area contributed by atoms with Crippen molar-refractivity contribution in [3.05, 3.63) is 70.2 Å². The first-order chi connectivity index (χ1) is 29.6. The molecule has 2 N–H and O–H groups in total. The molecule has 4 aliphatic heterocycles. The van der Waals surface area contributed by atoms with Gasteiger partial charge in [0.2, 0.25) is 11.8 Å². The standard InChI is InChI=1S/C42H49F2N11O6/c1-50-37-25(3-2-4-32(37)55(42(50)59)33-11-12-35(56)48-41(33)58)7-10-28-20-51(15-16-60-28)19-24-5-8-26(9-6-24)54-22-31(36(49-54)38(43)44)46-40(57)30-18-45-53-14-13-34(47-39(30)53)52-21-29-17-27(52)23-61-29/h2-4,13-14,18,22,24,26-29,33,38H,5-12,15-17,19-21,23H2,1H3,(H,46,57)(H,48,56,58)/t24?,26?,27-,28+,29-,33?/m1/s1. The molecule has 4 saturated heterocycles. The summed E-state index contributed by atoms with van der Waals surface area (Å²) < 4.78 is 46.8. The number of halogens is 2. The summed E-state index contributed by atoms with van der Waals surface area (Å²) in [6.07, 6.45) is 8.25. The lowest BCUT2D eigenvalue weighted by Gasteiger charge is -2.37. The van der Waals surface area contributed by atoms with E-state index in [2.05, 4.69) is 30.6 Å². The SMILES string of the molecule is Cn1c(=O)n(C2CCC(=O)NC2=O)c2cccc(CC[C@H]3CN(CC4CCC(n5cc(NC(=O)c6cnn7ccc(N8C[C@H]9C[C@@H]8CO9)nc67)c(C(F)F)n5)CC4)CCO3)c21. The summed E-state index contributed by atoms with van der Waals surface area (Å²) in [4.78, 5) is 60.8. The van der Waals surface area contributed by atoms with Crippen LogP contribution in [-0.2, 0) is 32.5 Å². The lowest BCUT2D eigenvalue weighted by Crippen LogP contribution is -2.45. The van der Waals surface area contributed by atoms with Crippen molar-refractivity contribution in [3.8, 4) is 0 Å². The van der Waals surface area contributed by atoms with Crippen LogP contribution in [0.15, 0.2) is 47.7 Å². The highest BCUT2D eigenvalue weighted by Crippen LogP contribution is 2.36. The Hall–Kier alpha value is -5.53. The third-order valence-electron chi connectivity index (χ3n) is 13.4. The minimum atomic E-state index is -2.87. The lowest BCUT2D eigenvalue weighted by atomic mass is 9.85. The molecule has 1 aliphatic carbocycles. The molecule has 0 spiro atoms. The van der Waals surface area contributed by atoms with Gasteiger partial charge in [0.05, 0.1) is 60.4 Å². The first-order valence-electron chi connectivity index (χ1n) is 21.4. The largest absolute Gasteiger partial charge is 0.376 e. The topological polar surface area (TPSA) is 175 Å². The predicted molar refractivity (Wildman–Crippen MR) is 218 cm³/mol. The van der Waals surface area contributed by atoms with Gasteiger partial charge >= 0.3 is 5.69 Å². The molecule has 2 bridgehead atoms. The molecule has 1 saturated carbocycles. The van der Waals surface area contributed by atoms with E-state index in [1.807, 2.05) is 24.3 Å². The van der Waals surface area contributed by atoms with Crippen LogP contribution in [0.3, 0.4) is 0 Å². The van der Waals surface area contributed by atoms with Crippen LogP contribution in [0.4, 0.5) is 20.3 Å². The number of para-hydroxylation sites is 1. The van der Waals surface area contributed by atoms with E-state index in [-0.39, 0.29) is 60.0 Å². The maximum Gasteiger partial charge on any atom is 0.329 e. The van der Waals surface area contributed by atoms with E-state index in [0.717, 1.165) is 81.6 Å². The van der Waals surface area contributed by atoms with Crippen molar-refractivity contribution < 1.29 is 32.6 Å². The average molecular weight is 842 g/mol. The van der Waals surface area contributed by atoms with Gasteiger partial charge in [-0.3, -0.25) is 38.4 Å². The highest BCUT2D eigenvalue weighted by molar-refractivity contribution is 6.08. The van der Waals surface area contributed by atoms with Crippen molar-refractivity contribution in [2.45, 2.75) is 94.5 Å². The summed E-state index contributed by atoms with van der Waals surface area (Å²) in [5.74, 6) is -0.191. The van der Waals surface area contributed by atoms with E-state index >= 15 is 0 Å². The van der Waals surface area contributed by atoms with Crippen molar-refractivity contribution in [1.29, 1.82) is 0 Å². The van der Waals surface area contributed by atoms with E-state index < -0.39 is 30.0 Å². The van der Waals surface area contributed by atoms with Gasteiger partial charge in [-0.1, -0.05) is 12.1 Å². The fourth-order valence-electron chi connectivity index (χ4n) is 10.2. The van der Waals surface area contributed by atoms with Crippen LogP contribution >= 0.6 is 0 Å². The highest BCUT2D eigenvalue weighted by Gasteiger charge is 2.40. The van der Waals surface area contributed by atoms with Crippen LogP contribution in [0.1, 0.15) is 91.5 Å². The van der Waals surface area contributed by atoms with Gasteiger partial charge in [-0.2, -0.15) is 10.2 Å². The minimum Gasteiger partial charge on any atom is -0.376 e. The molecule has 8 heterocycles. The number of amides is 3. The zero-order valence-electron chi connectivity index (χ0n) is 33.9. The number of hydrogen-bond acceptors (Lipinski definition) is 11. The molecule has 10 rings (SSSR count). The molecule has 17 nitrogen and oxygen atoms in total. The summed E-state index contributed by atoms with van der Waals surface area (Å²) >= 11 is 0. The van der Waals surface area contributed by atoms with Gasteiger partial charge in [0.1, 0.15) is 17.4 Å². The van der Waals surface area contributed by atoms with Crippen molar-refractivity contribution in [2.24, 2.45) is 13.0 Å². The molecule has 322 valence electrons. The van der Waals surface area contributed by atoms with Crippen molar-refractivity contribution in [2.75, 3.05) is 49.6 Å². The molecule has 19 heteroatoms. The molecule has 61 heavy (non-hydrogen) atoms. The first kappa shape index (κ1) is 39.6. The Kier molecular flexibility index (Phi) is 10.4. The number of rotatable bonds is 11. The number of carbonyl (C=O) groups excluding carboxylic acids is 3. The highest BCUT2D eigenvalue weighted by atomic mass is 19.3. The molecule has 5 aromatic rings. The average Bonchev–Trinajstić information content (AvgIpc) is 4.11. The number of alkyl halides is 2. The second-order valence-electron chi connectivity index (χ2n) is 17.2. The molecule has 1 unspecified atom stereocenters. The number of carbonyl (C=O) groups is 3. The van der Waals surface area contributed by atoms with Crippen molar-refractivity contribution >= 4 is 45.9 Å². The molecule has 1 aromatic carbocycles. The summed E-state index contributed by atoms with van der Waals surface area (Å²) in [5.41, 5.74) is 2.24. The first-order valence-corrected chi connectivity index (χ1v) is 21.4. The number of morpholine rings is 2. The van der Waals surface area contributed by atoms with Crippen LogP contribution < -0.4 is 21.2 Å². The van der Waals surface area contributed by atoms with Gasteiger partial charge in [0.15, 0.2) is 11.3 Å². The zero-order valence-corrected chi connectivity index (χ0v) is 33.9. The monoisotopic (exact) mass is 841 g/mol. The maximum absolute atomic E-state index is 14.3. The Labute approximate surface area is 348 Å². The van der Waals surface area contributed by atoms with Crippen LogP contribution in [0.2, 0.25) is 0 Å². The Bertz CT molecular complexity index is 2560. The van der Waals surface area contributed by atoms with Crippen LogP contribution in [0, 0.1) is 5.92 Å². The number of imidazole rings is 1. The number of ether oxygens (including phenoxy) is 2. The number of nitrogens with one attached hydrogen (secondary N) is 2. The maximum atomic E-state index is 14.3. The number of piperidine rings is 1. The van der Waals surface area contributed by atoms with Crippen LogP contribution in [0.5, 0.6) is 0 Å². The van der Waals surface area contributed by atoms with Crippen molar-refractivity contribution in [3.63, 3.8) is 0 Å². The fraction of sp³-hybridized carbons (Fsp3) is 0.548. The Morgan fingerprint density at radius 2 is 1.90 bits per heavy atom. The van der Waals surface area contributed by atoms with Crippen LogP contribution in [0.25, 0.3) is 16.7 Å². The third-order valence-corrected chi connectivity index (χ3v) is 13.4. The molecule has 5 fully saturated rings. The van der Waals surface area contributed by atoms with E-state index in [1.165, 1.54) is 21.5 Å².